The zero-order valence-electron chi connectivity index (χ0n) is 8.25. The van der Waals surface area contributed by atoms with Crippen molar-refractivity contribution in [1.82, 2.24) is 0 Å². The van der Waals surface area contributed by atoms with Crippen LogP contribution in [0.4, 0.5) is 0 Å². The van der Waals surface area contributed by atoms with Crippen LogP contribution < -0.4 is 0 Å². The number of nitrogens with zero attached hydrogens (tertiary/aromatic N) is 1. The molecule has 1 rings (SSSR count). The van der Waals surface area contributed by atoms with Crippen LogP contribution in [-0.4, -0.2) is 11.1 Å². The molecule has 0 saturated heterocycles. The molecule has 1 aromatic carbocycles. The van der Waals surface area contributed by atoms with Crippen molar-refractivity contribution in [2.24, 2.45) is 0 Å². The minimum Gasteiger partial charge on any atom is -0.481 e. The lowest BCUT2D eigenvalue weighted by atomic mass is 9.97. The number of hydrogen-bond donors (Lipinski definition) is 1. The predicted octanol–water partition coefficient (Wildman–Crippen LogP) is 2.39. The average molecular weight is 268 g/mol. The second-order valence-electron chi connectivity index (χ2n) is 3.20. The Morgan fingerprint density at radius 2 is 2.13 bits per heavy atom. The Kier molecular flexibility index (Phi) is 3.87. The van der Waals surface area contributed by atoms with Crippen LogP contribution in [0.5, 0.6) is 0 Å². The monoisotopic (exact) mass is 267 g/mol. The Balaban J connectivity index is 3.26. The molecule has 15 heavy (non-hydrogen) atoms. The number of benzene rings is 1. The summed E-state index contributed by atoms with van der Waals surface area (Å²) >= 11 is 3.32. The highest BCUT2D eigenvalue weighted by Crippen LogP contribution is 2.20. The SMILES string of the molecule is Cc1c(CBr)ccc(CC(=O)O)c1C#N. The smallest absolute Gasteiger partial charge is 0.307 e. The summed E-state index contributed by atoms with van der Waals surface area (Å²) in [4.78, 5) is 10.6. The topological polar surface area (TPSA) is 61.1 Å². The minimum atomic E-state index is -0.919. The largest absolute Gasteiger partial charge is 0.481 e. The number of nitriles is 1. The maximum atomic E-state index is 10.6. The molecule has 0 fully saturated rings. The van der Waals surface area contributed by atoms with Gasteiger partial charge in [-0.15, -0.1) is 0 Å². The summed E-state index contributed by atoms with van der Waals surface area (Å²) in [5.41, 5.74) is 2.93. The summed E-state index contributed by atoms with van der Waals surface area (Å²) in [6, 6.07) is 5.61. The molecule has 0 radical (unpaired) electrons. The van der Waals surface area contributed by atoms with Crippen molar-refractivity contribution >= 4 is 21.9 Å². The van der Waals surface area contributed by atoms with Crippen molar-refractivity contribution in [3.8, 4) is 6.07 Å². The summed E-state index contributed by atoms with van der Waals surface area (Å²) < 4.78 is 0. The molecular formula is C11H10BrNO2. The highest BCUT2D eigenvalue weighted by Gasteiger charge is 2.11. The van der Waals surface area contributed by atoms with Crippen LogP contribution in [0.25, 0.3) is 0 Å². The van der Waals surface area contributed by atoms with E-state index in [-0.39, 0.29) is 6.42 Å². The number of aliphatic carboxylic acids is 1. The molecule has 4 heteroatoms. The Hall–Kier alpha value is -1.34. The quantitative estimate of drug-likeness (QED) is 0.856. The fourth-order valence-electron chi connectivity index (χ4n) is 1.42. The molecule has 0 saturated carbocycles. The van der Waals surface area contributed by atoms with Gasteiger partial charge >= 0.3 is 5.97 Å². The van der Waals surface area contributed by atoms with Gasteiger partial charge in [0.2, 0.25) is 0 Å². The lowest BCUT2D eigenvalue weighted by molar-refractivity contribution is -0.136. The lowest BCUT2D eigenvalue weighted by Gasteiger charge is -2.08. The Labute approximate surface area is 96.5 Å². The van der Waals surface area contributed by atoms with E-state index >= 15 is 0 Å². The number of rotatable bonds is 3. The molecule has 0 unspecified atom stereocenters. The van der Waals surface area contributed by atoms with E-state index in [1.54, 1.807) is 6.07 Å². The molecule has 78 valence electrons. The average Bonchev–Trinajstić information content (AvgIpc) is 2.18. The Morgan fingerprint density at radius 3 is 2.60 bits per heavy atom. The van der Waals surface area contributed by atoms with Gasteiger partial charge in [0.1, 0.15) is 0 Å². The summed E-state index contributed by atoms with van der Waals surface area (Å²) in [5, 5.41) is 18.3. The molecule has 0 amide bonds. The maximum Gasteiger partial charge on any atom is 0.307 e. The molecule has 1 N–H and O–H groups in total. The van der Waals surface area contributed by atoms with Crippen LogP contribution >= 0.6 is 15.9 Å². The number of carbonyl (C=O) groups is 1. The molecule has 1 aromatic rings. The second kappa shape index (κ2) is 4.94. The van der Waals surface area contributed by atoms with Crippen LogP contribution in [0.1, 0.15) is 22.3 Å². The summed E-state index contributed by atoms with van der Waals surface area (Å²) in [6.07, 6.45) is -0.105. The van der Waals surface area contributed by atoms with Crippen LogP contribution in [-0.2, 0) is 16.5 Å². The third-order valence-corrected chi connectivity index (χ3v) is 2.87. The standard InChI is InChI=1S/C11H10BrNO2/c1-7-9(5-12)3-2-8(4-11(14)15)10(7)6-13/h2-3H,4-5H2,1H3,(H,14,15). The summed E-state index contributed by atoms with van der Waals surface area (Å²) in [5.74, 6) is -0.919. The summed E-state index contributed by atoms with van der Waals surface area (Å²) in [7, 11) is 0. The van der Waals surface area contributed by atoms with E-state index in [2.05, 4.69) is 22.0 Å². The predicted molar refractivity (Wildman–Crippen MR) is 59.9 cm³/mol. The van der Waals surface area contributed by atoms with Gasteiger partial charge in [0.15, 0.2) is 0 Å². The normalized spacial score (nSPS) is 9.67. The van der Waals surface area contributed by atoms with E-state index in [0.29, 0.717) is 16.5 Å². The van der Waals surface area contributed by atoms with Crippen molar-refractivity contribution in [3.63, 3.8) is 0 Å². The first-order valence-electron chi connectivity index (χ1n) is 4.39. The van der Waals surface area contributed by atoms with E-state index in [4.69, 9.17) is 10.4 Å². The van der Waals surface area contributed by atoms with E-state index in [1.165, 1.54) is 0 Å². The molecule has 0 aliphatic carbocycles. The molecule has 3 nitrogen and oxygen atoms in total. The molecule has 0 atom stereocenters. The fourth-order valence-corrected chi connectivity index (χ4v) is 2.03. The van der Waals surface area contributed by atoms with Crippen LogP contribution in [0.2, 0.25) is 0 Å². The third kappa shape index (κ3) is 2.57. The zero-order valence-corrected chi connectivity index (χ0v) is 9.84. The van der Waals surface area contributed by atoms with E-state index in [1.807, 2.05) is 13.0 Å². The van der Waals surface area contributed by atoms with E-state index < -0.39 is 5.97 Å². The van der Waals surface area contributed by atoms with Gasteiger partial charge in [-0.2, -0.15) is 5.26 Å². The second-order valence-corrected chi connectivity index (χ2v) is 3.76. The molecule has 0 aliphatic heterocycles. The number of hydrogen-bond acceptors (Lipinski definition) is 2. The van der Waals surface area contributed by atoms with Crippen molar-refractivity contribution in [2.45, 2.75) is 18.7 Å². The molecule has 0 aliphatic rings. The van der Waals surface area contributed by atoms with Gasteiger partial charge in [-0.25, -0.2) is 0 Å². The van der Waals surface area contributed by atoms with Gasteiger partial charge in [0, 0.05) is 5.33 Å². The van der Waals surface area contributed by atoms with Crippen molar-refractivity contribution < 1.29 is 9.90 Å². The number of alkyl halides is 1. The van der Waals surface area contributed by atoms with Gasteiger partial charge in [0.25, 0.3) is 0 Å². The molecular weight excluding hydrogens is 258 g/mol. The zero-order chi connectivity index (χ0) is 11.4. The van der Waals surface area contributed by atoms with Crippen LogP contribution in [0, 0.1) is 18.3 Å². The van der Waals surface area contributed by atoms with Gasteiger partial charge in [0.05, 0.1) is 18.1 Å². The van der Waals surface area contributed by atoms with Gasteiger partial charge in [-0.3, -0.25) is 4.79 Å². The van der Waals surface area contributed by atoms with Gasteiger partial charge < -0.3 is 5.11 Å². The third-order valence-electron chi connectivity index (χ3n) is 2.26. The van der Waals surface area contributed by atoms with Crippen molar-refractivity contribution in [1.29, 1.82) is 5.26 Å². The highest BCUT2D eigenvalue weighted by atomic mass is 79.9. The van der Waals surface area contributed by atoms with Gasteiger partial charge in [-0.05, 0) is 23.6 Å². The number of carboxylic acid groups (broad SMARTS) is 1. The Morgan fingerprint density at radius 1 is 1.53 bits per heavy atom. The maximum absolute atomic E-state index is 10.6. The van der Waals surface area contributed by atoms with Crippen molar-refractivity contribution in [2.75, 3.05) is 0 Å². The van der Waals surface area contributed by atoms with Crippen molar-refractivity contribution in [3.05, 3.63) is 34.4 Å². The first kappa shape index (κ1) is 11.7. The highest BCUT2D eigenvalue weighted by molar-refractivity contribution is 9.08. The molecule has 0 bridgehead atoms. The summed E-state index contributed by atoms with van der Waals surface area (Å²) in [6.45, 7) is 1.83. The first-order chi connectivity index (χ1) is 7.10. The minimum absolute atomic E-state index is 0.105. The molecule has 0 spiro atoms. The van der Waals surface area contributed by atoms with E-state index in [0.717, 1.165) is 11.1 Å². The van der Waals surface area contributed by atoms with Crippen LogP contribution in [0.15, 0.2) is 12.1 Å². The first-order valence-corrected chi connectivity index (χ1v) is 5.51. The van der Waals surface area contributed by atoms with Gasteiger partial charge in [-0.1, -0.05) is 28.1 Å². The lowest BCUT2D eigenvalue weighted by Crippen LogP contribution is -2.04. The van der Waals surface area contributed by atoms with Crippen LogP contribution in [0.3, 0.4) is 0 Å². The molecule has 0 aromatic heterocycles. The van der Waals surface area contributed by atoms with E-state index in [9.17, 15) is 4.79 Å². The molecule has 0 heterocycles. The fraction of sp³-hybridized carbons (Fsp3) is 0.273. The number of halogens is 1. The Bertz CT molecular complexity index is 435. The number of carboxylic acids is 1.